The predicted molar refractivity (Wildman–Crippen MR) is 92.3 cm³/mol. The number of methoxy groups -OCH3 is 1. The number of fused-ring (bicyclic) bond motifs is 1. The second kappa shape index (κ2) is 7.59. The molecule has 140 valence electrons. The summed E-state index contributed by atoms with van der Waals surface area (Å²) < 4.78 is 61.8. The first-order valence-corrected chi connectivity index (χ1v) is 9.78. The Morgan fingerprint density at radius 1 is 1.19 bits per heavy atom. The van der Waals surface area contributed by atoms with Gasteiger partial charge in [0.25, 0.3) is 0 Å². The van der Waals surface area contributed by atoms with E-state index < -0.39 is 21.5 Å². The molecule has 8 heteroatoms. The molecule has 5 nitrogen and oxygen atoms in total. The quantitative estimate of drug-likeness (QED) is 0.777. The highest BCUT2D eigenvalue weighted by atomic mass is 32.2. The SMILES string of the molecule is COc1cccc2c1C(NCCOc1cc(F)ccc1F)CCS2(=O)=O. The Bertz CT molecular complexity index is 902. The average molecular weight is 383 g/mol. The van der Waals surface area contributed by atoms with Crippen LogP contribution in [0.4, 0.5) is 8.78 Å². The van der Waals surface area contributed by atoms with Crippen LogP contribution in [0.1, 0.15) is 18.0 Å². The van der Waals surface area contributed by atoms with Crippen LogP contribution < -0.4 is 14.8 Å². The van der Waals surface area contributed by atoms with Crippen molar-refractivity contribution in [2.24, 2.45) is 0 Å². The number of sulfone groups is 1. The first-order chi connectivity index (χ1) is 12.4. The number of hydrogen-bond donors (Lipinski definition) is 1. The zero-order valence-electron chi connectivity index (χ0n) is 14.2. The molecule has 1 aliphatic heterocycles. The summed E-state index contributed by atoms with van der Waals surface area (Å²) in [5, 5.41) is 3.21. The van der Waals surface area contributed by atoms with Crippen molar-refractivity contribution in [3.05, 3.63) is 53.6 Å². The Morgan fingerprint density at radius 2 is 2.00 bits per heavy atom. The lowest BCUT2D eigenvalue weighted by Crippen LogP contribution is -2.32. The second-order valence-electron chi connectivity index (χ2n) is 5.91. The Hall–Kier alpha value is -2.19. The summed E-state index contributed by atoms with van der Waals surface area (Å²) in [7, 11) is -1.84. The Kier molecular flexibility index (Phi) is 5.43. The van der Waals surface area contributed by atoms with Crippen LogP contribution >= 0.6 is 0 Å². The molecule has 2 aromatic carbocycles. The van der Waals surface area contributed by atoms with Gasteiger partial charge >= 0.3 is 0 Å². The number of ether oxygens (including phenoxy) is 2. The molecular formula is C18H19F2NO4S. The summed E-state index contributed by atoms with van der Waals surface area (Å²) in [5.74, 6) is -0.839. The van der Waals surface area contributed by atoms with Gasteiger partial charge in [0.2, 0.25) is 0 Å². The normalized spacial score (nSPS) is 18.2. The van der Waals surface area contributed by atoms with E-state index >= 15 is 0 Å². The number of halogens is 2. The largest absolute Gasteiger partial charge is 0.496 e. The molecule has 0 amide bonds. The average Bonchev–Trinajstić information content (AvgIpc) is 2.62. The first kappa shape index (κ1) is 18.6. The molecule has 1 heterocycles. The lowest BCUT2D eigenvalue weighted by molar-refractivity contribution is 0.287. The molecule has 0 aromatic heterocycles. The third-order valence-electron chi connectivity index (χ3n) is 4.25. The van der Waals surface area contributed by atoms with Crippen molar-refractivity contribution in [1.29, 1.82) is 0 Å². The highest BCUT2D eigenvalue weighted by Gasteiger charge is 2.32. The van der Waals surface area contributed by atoms with Gasteiger partial charge in [-0.15, -0.1) is 0 Å². The molecule has 1 aliphatic rings. The van der Waals surface area contributed by atoms with Gasteiger partial charge in [0.05, 0.1) is 17.8 Å². The van der Waals surface area contributed by atoms with Crippen LogP contribution in [-0.4, -0.2) is 34.4 Å². The van der Waals surface area contributed by atoms with Gasteiger partial charge in [-0.1, -0.05) is 6.07 Å². The Balaban J connectivity index is 1.69. The van der Waals surface area contributed by atoms with Crippen LogP contribution in [0.15, 0.2) is 41.3 Å². The molecule has 0 fully saturated rings. The maximum atomic E-state index is 13.5. The topological polar surface area (TPSA) is 64.6 Å². The Labute approximate surface area is 150 Å². The fourth-order valence-corrected chi connectivity index (χ4v) is 4.66. The third kappa shape index (κ3) is 3.81. The van der Waals surface area contributed by atoms with Crippen molar-refractivity contribution < 1.29 is 26.7 Å². The number of benzene rings is 2. The second-order valence-corrected chi connectivity index (χ2v) is 7.99. The maximum Gasteiger partial charge on any atom is 0.178 e. The van der Waals surface area contributed by atoms with E-state index in [4.69, 9.17) is 9.47 Å². The van der Waals surface area contributed by atoms with Gasteiger partial charge < -0.3 is 14.8 Å². The van der Waals surface area contributed by atoms with E-state index in [1.807, 2.05) is 0 Å². The van der Waals surface area contributed by atoms with Crippen LogP contribution in [0.3, 0.4) is 0 Å². The summed E-state index contributed by atoms with van der Waals surface area (Å²) in [6.45, 7) is 0.437. The van der Waals surface area contributed by atoms with E-state index in [9.17, 15) is 17.2 Å². The van der Waals surface area contributed by atoms with Crippen molar-refractivity contribution in [2.45, 2.75) is 17.4 Å². The molecule has 3 rings (SSSR count). The summed E-state index contributed by atoms with van der Waals surface area (Å²) >= 11 is 0. The summed E-state index contributed by atoms with van der Waals surface area (Å²) in [4.78, 5) is 0.262. The minimum atomic E-state index is -3.33. The third-order valence-corrected chi connectivity index (χ3v) is 6.05. The van der Waals surface area contributed by atoms with E-state index in [1.165, 1.54) is 7.11 Å². The number of rotatable bonds is 6. The van der Waals surface area contributed by atoms with Gasteiger partial charge in [0, 0.05) is 24.2 Å². The fourth-order valence-electron chi connectivity index (χ4n) is 3.03. The fraction of sp³-hybridized carbons (Fsp3) is 0.333. The number of hydrogen-bond acceptors (Lipinski definition) is 5. The molecule has 1 atom stereocenters. The van der Waals surface area contributed by atoms with Crippen LogP contribution in [0.25, 0.3) is 0 Å². The molecule has 0 saturated heterocycles. The van der Waals surface area contributed by atoms with Gasteiger partial charge in [-0.05, 0) is 30.7 Å². The van der Waals surface area contributed by atoms with Crippen molar-refractivity contribution in [1.82, 2.24) is 5.32 Å². The molecule has 0 spiro atoms. The lowest BCUT2D eigenvalue weighted by Gasteiger charge is -2.28. The van der Waals surface area contributed by atoms with Crippen LogP contribution in [0.5, 0.6) is 11.5 Å². The minimum absolute atomic E-state index is 0.0320. The monoisotopic (exact) mass is 383 g/mol. The zero-order chi connectivity index (χ0) is 18.7. The van der Waals surface area contributed by atoms with E-state index in [0.717, 1.165) is 18.2 Å². The van der Waals surface area contributed by atoms with Crippen LogP contribution in [-0.2, 0) is 9.84 Å². The van der Waals surface area contributed by atoms with Gasteiger partial charge in [-0.3, -0.25) is 0 Å². The molecule has 0 saturated carbocycles. The summed E-state index contributed by atoms with van der Waals surface area (Å²) in [5.41, 5.74) is 0.596. The highest BCUT2D eigenvalue weighted by Crippen LogP contribution is 2.38. The van der Waals surface area contributed by atoms with Gasteiger partial charge in [0.15, 0.2) is 21.4 Å². The molecule has 0 aliphatic carbocycles. The maximum absolute atomic E-state index is 13.5. The van der Waals surface area contributed by atoms with E-state index in [-0.39, 0.29) is 29.0 Å². The van der Waals surface area contributed by atoms with Gasteiger partial charge in [-0.25, -0.2) is 17.2 Å². The molecular weight excluding hydrogens is 364 g/mol. The van der Waals surface area contributed by atoms with Crippen molar-refractivity contribution in [3.63, 3.8) is 0 Å². The highest BCUT2D eigenvalue weighted by molar-refractivity contribution is 7.91. The van der Waals surface area contributed by atoms with Crippen LogP contribution in [0, 0.1) is 11.6 Å². The molecule has 0 radical (unpaired) electrons. The van der Waals surface area contributed by atoms with E-state index in [0.29, 0.717) is 24.3 Å². The number of nitrogens with one attached hydrogen (secondary N) is 1. The Morgan fingerprint density at radius 3 is 2.77 bits per heavy atom. The van der Waals surface area contributed by atoms with Crippen LogP contribution in [0.2, 0.25) is 0 Å². The zero-order valence-corrected chi connectivity index (χ0v) is 15.0. The molecule has 1 N–H and O–H groups in total. The molecule has 1 unspecified atom stereocenters. The first-order valence-electron chi connectivity index (χ1n) is 8.13. The molecule has 2 aromatic rings. The van der Waals surface area contributed by atoms with Crippen molar-refractivity contribution in [2.75, 3.05) is 26.0 Å². The minimum Gasteiger partial charge on any atom is -0.496 e. The van der Waals surface area contributed by atoms with E-state index in [1.54, 1.807) is 18.2 Å². The lowest BCUT2D eigenvalue weighted by atomic mass is 10.0. The smallest absolute Gasteiger partial charge is 0.178 e. The summed E-state index contributed by atoms with van der Waals surface area (Å²) in [6, 6.07) is 7.71. The van der Waals surface area contributed by atoms with Crippen molar-refractivity contribution in [3.8, 4) is 11.5 Å². The predicted octanol–water partition coefficient (Wildman–Crippen LogP) is 2.86. The van der Waals surface area contributed by atoms with E-state index in [2.05, 4.69) is 5.32 Å². The molecule has 26 heavy (non-hydrogen) atoms. The summed E-state index contributed by atoms with van der Waals surface area (Å²) in [6.07, 6.45) is 0.393. The standard InChI is InChI=1S/C18H19F2NO4S/c1-24-15-3-2-4-17-18(15)14(7-10-26(17,22)23)21-8-9-25-16-11-12(19)5-6-13(16)20/h2-6,11,14,21H,7-10H2,1H3. The van der Waals surface area contributed by atoms with Gasteiger partial charge in [-0.2, -0.15) is 0 Å². The molecule has 0 bridgehead atoms. The van der Waals surface area contributed by atoms with Gasteiger partial charge in [0.1, 0.15) is 18.2 Å². The van der Waals surface area contributed by atoms with Crippen molar-refractivity contribution >= 4 is 9.84 Å².